The second-order valence-electron chi connectivity index (χ2n) is 11.1. The molecule has 0 aliphatic heterocycles. The number of aromatic nitrogens is 2. The highest BCUT2D eigenvalue weighted by molar-refractivity contribution is 6.06. The molecule has 4 aliphatic rings. The Morgan fingerprint density at radius 2 is 1.97 bits per heavy atom. The van der Waals surface area contributed by atoms with Crippen molar-refractivity contribution in [2.24, 2.45) is 34.5 Å². The van der Waals surface area contributed by atoms with Crippen LogP contribution in [0, 0.1) is 41.4 Å². The standard InChI is InChI=1S/C26H38N2O/c1-5-28-16-19(17(2)27-28)14-18-15-23-21-10-9-20-8-6-7-12-25(20,3)22(21)11-13-26(23,4)24(18)29/h14,16,20-23H,5-13,15H2,1-4H3/b18-14-/t20-,21+,22-,23-,25+,26-/m1/s1. The molecule has 0 unspecified atom stereocenters. The first-order valence-electron chi connectivity index (χ1n) is 12.2. The number of Topliss-reactive ketones (excluding diaryl/α,β-unsaturated/α-hetero) is 1. The van der Waals surface area contributed by atoms with Crippen LogP contribution in [0.5, 0.6) is 0 Å². The van der Waals surface area contributed by atoms with Crippen LogP contribution < -0.4 is 0 Å². The van der Waals surface area contributed by atoms with Gasteiger partial charge in [0.05, 0.1) is 5.69 Å². The van der Waals surface area contributed by atoms with E-state index in [2.05, 4.69) is 45.1 Å². The fourth-order valence-electron chi connectivity index (χ4n) is 8.12. The summed E-state index contributed by atoms with van der Waals surface area (Å²) >= 11 is 0. The molecule has 4 fully saturated rings. The molecular weight excluding hydrogens is 356 g/mol. The molecule has 1 heterocycles. The Bertz CT molecular complexity index is 851. The topological polar surface area (TPSA) is 34.9 Å². The van der Waals surface area contributed by atoms with Crippen LogP contribution in [0.25, 0.3) is 6.08 Å². The minimum Gasteiger partial charge on any atom is -0.294 e. The predicted octanol–water partition coefficient (Wildman–Crippen LogP) is 6.21. The average molecular weight is 395 g/mol. The average Bonchev–Trinajstić information content (AvgIpc) is 3.19. The first-order valence-corrected chi connectivity index (χ1v) is 12.2. The Labute approximate surface area is 176 Å². The summed E-state index contributed by atoms with van der Waals surface area (Å²) in [5, 5.41) is 4.58. The lowest BCUT2D eigenvalue weighted by atomic mass is 9.45. The van der Waals surface area contributed by atoms with E-state index in [0.717, 1.165) is 54.0 Å². The number of ketones is 1. The van der Waals surface area contributed by atoms with Gasteiger partial charge in [-0.1, -0.05) is 26.7 Å². The Morgan fingerprint density at radius 3 is 2.72 bits per heavy atom. The molecule has 1 aromatic heterocycles. The van der Waals surface area contributed by atoms with Gasteiger partial charge in [0, 0.05) is 23.7 Å². The summed E-state index contributed by atoms with van der Waals surface area (Å²) in [5.41, 5.74) is 3.67. The fourth-order valence-corrected chi connectivity index (χ4v) is 8.12. The maximum absolute atomic E-state index is 13.6. The van der Waals surface area contributed by atoms with Gasteiger partial charge in [0.2, 0.25) is 0 Å². The van der Waals surface area contributed by atoms with Crippen LogP contribution in [0.4, 0.5) is 0 Å². The molecule has 0 aromatic carbocycles. The van der Waals surface area contributed by atoms with Crippen molar-refractivity contribution in [1.29, 1.82) is 0 Å². The summed E-state index contributed by atoms with van der Waals surface area (Å²) in [6.07, 6.45) is 16.2. The van der Waals surface area contributed by atoms with Gasteiger partial charge in [-0.3, -0.25) is 9.48 Å². The molecule has 6 atom stereocenters. The lowest BCUT2D eigenvalue weighted by Crippen LogP contribution is -2.52. The van der Waals surface area contributed by atoms with Gasteiger partial charge >= 0.3 is 0 Å². The first kappa shape index (κ1) is 19.6. The molecule has 0 N–H and O–H groups in total. The number of hydrogen-bond acceptors (Lipinski definition) is 2. The molecule has 0 spiro atoms. The van der Waals surface area contributed by atoms with Crippen molar-refractivity contribution in [2.75, 3.05) is 0 Å². The van der Waals surface area contributed by atoms with E-state index in [1.807, 2.05) is 4.68 Å². The van der Waals surface area contributed by atoms with Crippen LogP contribution >= 0.6 is 0 Å². The molecule has 4 aliphatic carbocycles. The van der Waals surface area contributed by atoms with Crippen molar-refractivity contribution in [3.05, 3.63) is 23.0 Å². The SMILES string of the molecule is CCn1cc(/C=C2/C[C@@H]3[C@H]4CC[C@H]5CCCC[C@]5(C)[C@@H]4CC[C@@]3(C)C2=O)c(C)n1. The van der Waals surface area contributed by atoms with E-state index in [9.17, 15) is 4.79 Å². The lowest BCUT2D eigenvalue weighted by Gasteiger charge is -2.59. The van der Waals surface area contributed by atoms with Crippen molar-refractivity contribution in [1.82, 2.24) is 9.78 Å². The minimum absolute atomic E-state index is 0.125. The number of carbonyl (C=O) groups excluding carboxylic acids is 1. The quantitative estimate of drug-likeness (QED) is 0.559. The van der Waals surface area contributed by atoms with Crippen LogP contribution in [-0.2, 0) is 11.3 Å². The van der Waals surface area contributed by atoms with Crippen LogP contribution in [0.3, 0.4) is 0 Å². The third kappa shape index (κ3) is 2.82. The minimum atomic E-state index is -0.125. The fraction of sp³-hybridized carbons (Fsp3) is 0.769. The van der Waals surface area contributed by atoms with Crippen molar-refractivity contribution >= 4 is 11.9 Å². The molecule has 0 radical (unpaired) electrons. The zero-order chi connectivity index (χ0) is 20.4. The van der Waals surface area contributed by atoms with Gasteiger partial charge in [-0.15, -0.1) is 0 Å². The second-order valence-corrected chi connectivity index (χ2v) is 11.1. The Hall–Kier alpha value is -1.38. The number of aryl methyl sites for hydroxylation is 2. The summed E-state index contributed by atoms with van der Waals surface area (Å²) in [4.78, 5) is 13.6. The zero-order valence-electron chi connectivity index (χ0n) is 18.8. The number of allylic oxidation sites excluding steroid dienone is 1. The molecule has 0 amide bonds. The molecule has 158 valence electrons. The largest absolute Gasteiger partial charge is 0.294 e. The smallest absolute Gasteiger partial charge is 0.165 e. The lowest BCUT2D eigenvalue weighted by molar-refractivity contribution is -0.137. The highest BCUT2D eigenvalue weighted by Crippen LogP contribution is 2.66. The Balaban J connectivity index is 1.46. The summed E-state index contributed by atoms with van der Waals surface area (Å²) in [7, 11) is 0. The molecule has 0 saturated heterocycles. The van der Waals surface area contributed by atoms with E-state index >= 15 is 0 Å². The summed E-state index contributed by atoms with van der Waals surface area (Å²) < 4.78 is 1.98. The third-order valence-corrected chi connectivity index (χ3v) is 9.86. The van der Waals surface area contributed by atoms with E-state index in [0.29, 0.717) is 17.1 Å². The molecular formula is C26H38N2O. The maximum atomic E-state index is 13.6. The molecule has 3 heteroatoms. The third-order valence-electron chi connectivity index (χ3n) is 9.86. The van der Waals surface area contributed by atoms with Crippen LogP contribution in [-0.4, -0.2) is 15.6 Å². The van der Waals surface area contributed by atoms with Crippen molar-refractivity contribution in [3.63, 3.8) is 0 Å². The predicted molar refractivity (Wildman–Crippen MR) is 117 cm³/mol. The van der Waals surface area contributed by atoms with Crippen molar-refractivity contribution in [3.8, 4) is 0 Å². The van der Waals surface area contributed by atoms with Gasteiger partial charge in [-0.25, -0.2) is 0 Å². The second kappa shape index (κ2) is 6.82. The van der Waals surface area contributed by atoms with Crippen LogP contribution in [0.2, 0.25) is 0 Å². The van der Waals surface area contributed by atoms with Gasteiger partial charge in [0.1, 0.15) is 0 Å². The summed E-state index contributed by atoms with van der Waals surface area (Å²) in [6, 6.07) is 0. The molecule has 5 rings (SSSR count). The van der Waals surface area contributed by atoms with Gasteiger partial charge in [0.25, 0.3) is 0 Å². The number of hydrogen-bond donors (Lipinski definition) is 0. The monoisotopic (exact) mass is 394 g/mol. The van der Waals surface area contributed by atoms with Gasteiger partial charge in [-0.2, -0.15) is 5.10 Å². The van der Waals surface area contributed by atoms with Crippen molar-refractivity contribution in [2.45, 2.75) is 92.0 Å². The molecule has 29 heavy (non-hydrogen) atoms. The Morgan fingerprint density at radius 1 is 1.14 bits per heavy atom. The Kier molecular flexibility index (Phi) is 4.60. The van der Waals surface area contributed by atoms with Crippen molar-refractivity contribution < 1.29 is 4.79 Å². The van der Waals surface area contributed by atoms with E-state index in [-0.39, 0.29) is 5.41 Å². The van der Waals surface area contributed by atoms with Gasteiger partial charge in [0.15, 0.2) is 5.78 Å². The summed E-state index contributed by atoms with van der Waals surface area (Å²) in [6.45, 7) is 9.97. The van der Waals surface area contributed by atoms with Gasteiger partial charge < -0.3 is 0 Å². The molecule has 4 saturated carbocycles. The van der Waals surface area contributed by atoms with Crippen LogP contribution in [0.15, 0.2) is 11.8 Å². The number of fused-ring (bicyclic) bond motifs is 5. The molecule has 0 bridgehead atoms. The highest BCUT2D eigenvalue weighted by Gasteiger charge is 2.60. The number of carbonyl (C=O) groups is 1. The van der Waals surface area contributed by atoms with E-state index in [4.69, 9.17) is 0 Å². The van der Waals surface area contributed by atoms with Gasteiger partial charge in [-0.05, 0) is 99.5 Å². The van der Waals surface area contributed by atoms with E-state index < -0.39 is 0 Å². The highest BCUT2D eigenvalue weighted by atomic mass is 16.1. The molecule has 1 aromatic rings. The van der Waals surface area contributed by atoms with E-state index in [1.165, 1.54) is 44.9 Å². The number of rotatable bonds is 2. The van der Waals surface area contributed by atoms with Crippen LogP contribution in [0.1, 0.15) is 89.8 Å². The molecule has 3 nitrogen and oxygen atoms in total. The zero-order valence-corrected chi connectivity index (χ0v) is 18.8. The van der Waals surface area contributed by atoms with E-state index in [1.54, 1.807) is 0 Å². The maximum Gasteiger partial charge on any atom is 0.165 e. The first-order chi connectivity index (χ1) is 13.9. The summed E-state index contributed by atoms with van der Waals surface area (Å²) in [5.74, 6) is 3.54. The number of nitrogens with zero attached hydrogens (tertiary/aromatic N) is 2. The normalized spacial score (nSPS) is 43.2.